The van der Waals surface area contributed by atoms with E-state index in [2.05, 4.69) is 4.18 Å². The van der Waals surface area contributed by atoms with Crippen molar-refractivity contribution < 1.29 is 17.7 Å². The molecule has 0 aromatic rings. The molecule has 4 nitrogen and oxygen atoms in total. The Morgan fingerprint density at radius 1 is 1.00 bits per heavy atom. The predicted octanol–water partition coefficient (Wildman–Crippen LogP) is 1.30. The lowest BCUT2D eigenvalue weighted by molar-refractivity contribution is 0.280. The average Bonchev–Trinajstić information content (AvgIpc) is 2.08. The minimum Gasteiger partial charge on any atom is -0.396 e. The molecule has 0 aliphatic rings. The lowest BCUT2D eigenvalue weighted by Gasteiger charge is -2.01. The molecule has 0 fully saturated rings. The van der Waals surface area contributed by atoms with Crippen molar-refractivity contribution in [3.63, 3.8) is 0 Å². The van der Waals surface area contributed by atoms with Gasteiger partial charge in [-0.25, -0.2) is 0 Å². The topological polar surface area (TPSA) is 63.6 Å². The first-order chi connectivity index (χ1) is 6.56. The van der Waals surface area contributed by atoms with Crippen LogP contribution < -0.4 is 0 Å². The molecule has 0 aromatic heterocycles. The van der Waals surface area contributed by atoms with Gasteiger partial charge < -0.3 is 5.11 Å². The predicted molar refractivity (Wildman–Crippen MR) is 55.6 cm³/mol. The molecule has 0 rings (SSSR count). The largest absolute Gasteiger partial charge is 0.396 e. The molecule has 0 saturated carbocycles. The fourth-order valence-corrected chi connectivity index (χ4v) is 1.55. The molecule has 0 bridgehead atoms. The van der Waals surface area contributed by atoms with Gasteiger partial charge in [0.15, 0.2) is 0 Å². The van der Waals surface area contributed by atoms with Crippen molar-refractivity contribution in [2.24, 2.45) is 0 Å². The smallest absolute Gasteiger partial charge is 0.264 e. The summed E-state index contributed by atoms with van der Waals surface area (Å²) in [6, 6.07) is 0. The number of aliphatic hydroxyl groups excluding tert-OH is 1. The van der Waals surface area contributed by atoms with Crippen LogP contribution in [-0.2, 0) is 14.3 Å². The van der Waals surface area contributed by atoms with Gasteiger partial charge in [0, 0.05) is 6.61 Å². The minimum atomic E-state index is -3.26. The first-order valence-corrected chi connectivity index (χ1v) is 6.83. The molecule has 0 aromatic carbocycles. The van der Waals surface area contributed by atoms with Crippen LogP contribution in [0.4, 0.5) is 0 Å². The maximum atomic E-state index is 10.6. The molecule has 86 valence electrons. The summed E-state index contributed by atoms with van der Waals surface area (Å²) in [5.41, 5.74) is 0. The van der Waals surface area contributed by atoms with Gasteiger partial charge in [0.1, 0.15) is 0 Å². The van der Waals surface area contributed by atoms with Gasteiger partial charge in [-0.3, -0.25) is 4.18 Å². The van der Waals surface area contributed by atoms with Gasteiger partial charge in [-0.15, -0.1) is 0 Å². The van der Waals surface area contributed by atoms with E-state index in [4.69, 9.17) is 5.11 Å². The molecular weight excluding hydrogens is 204 g/mol. The Bertz CT molecular complexity index is 211. The zero-order valence-electron chi connectivity index (χ0n) is 8.74. The van der Waals surface area contributed by atoms with Gasteiger partial charge in [0.2, 0.25) is 0 Å². The quantitative estimate of drug-likeness (QED) is 0.473. The molecule has 0 atom stereocenters. The van der Waals surface area contributed by atoms with E-state index < -0.39 is 10.1 Å². The SMILES string of the molecule is CS(=O)(=O)OCCCCCCCCO. The monoisotopic (exact) mass is 224 g/mol. The van der Waals surface area contributed by atoms with Crippen molar-refractivity contribution in [3.05, 3.63) is 0 Å². The zero-order chi connectivity index (χ0) is 10.9. The Labute approximate surface area is 86.4 Å². The number of unbranched alkanes of at least 4 members (excludes halogenated alkanes) is 5. The van der Waals surface area contributed by atoms with E-state index in [9.17, 15) is 8.42 Å². The molecule has 0 aliphatic carbocycles. The van der Waals surface area contributed by atoms with E-state index >= 15 is 0 Å². The highest BCUT2D eigenvalue weighted by Crippen LogP contribution is 2.05. The summed E-state index contributed by atoms with van der Waals surface area (Å²) in [5, 5.41) is 8.51. The van der Waals surface area contributed by atoms with Gasteiger partial charge >= 0.3 is 0 Å². The van der Waals surface area contributed by atoms with Crippen molar-refractivity contribution in [2.75, 3.05) is 19.5 Å². The molecule has 0 heterocycles. The molecule has 1 N–H and O–H groups in total. The molecule has 0 unspecified atom stereocenters. The van der Waals surface area contributed by atoms with Crippen LogP contribution in [0.25, 0.3) is 0 Å². The molecule has 0 spiro atoms. The van der Waals surface area contributed by atoms with Crippen molar-refractivity contribution >= 4 is 10.1 Å². The van der Waals surface area contributed by atoms with Gasteiger partial charge in [0.05, 0.1) is 12.9 Å². The Morgan fingerprint density at radius 2 is 1.50 bits per heavy atom. The third kappa shape index (κ3) is 11.9. The van der Waals surface area contributed by atoms with Crippen LogP contribution >= 0.6 is 0 Å². The summed E-state index contributed by atoms with van der Waals surface area (Å²) < 4.78 is 25.7. The van der Waals surface area contributed by atoms with Crippen molar-refractivity contribution in [1.29, 1.82) is 0 Å². The normalized spacial score (nSPS) is 11.9. The standard InChI is InChI=1S/C9H20O4S/c1-14(11,12)13-9-7-5-3-2-4-6-8-10/h10H,2-9H2,1H3. The second-order valence-electron chi connectivity index (χ2n) is 3.37. The lowest BCUT2D eigenvalue weighted by atomic mass is 10.1. The van der Waals surface area contributed by atoms with Crippen molar-refractivity contribution in [3.8, 4) is 0 Å². The highest BCUT2D eigenvalue weighted by Gasteiger charge is 1.99. The first kappa shape index (κ1) is 13.9. The molecule has 0 saturated heterocycles. The summed E-state index contributed by atoms with van der Waals surface area (Å²) in [5.74, 6) is 0. The van der Waals surface area contributed by atoms with E-state index in [1.165, 1.54) is 0 Å². The second-order valence-corrected chi connectivity index (χ2v) is 5.01. The van der Waals surface area contributed by atoms with Crippen LogP contribution in [0.15, 0.2) is 0 Å². The van der Waals surface area contributed by atoms with Crippen LogP contribution in [-0.4, -0.2) is 33.0 Å². The fourth-order valence-electron chi connectivity index (χ4n) is 1.13. The zero-order valence-corrected chi connectivity index (χ0v) is 9.55. The Morgan fingerprint density at radius 3 is 2.00 bits per heavy atom. The average molecular weight is 224 g/mol. The van der Waals surface area contributed by atoms with E-state index in [0.717, 1.165) is 44.8 Å². The maximum absolute atomic E-state index is 10.6. The highest BCUT2D eigenvalue weighted by molar-refractivity contribution is 7.85. The third-order valence-electron chi connectivity index (χ3n) is 1.85. The van der Waals surface area contributed by atoms with Crippen molar-refractivity contribution in [2.45, 2.75) is 38.5 Å². The summed E-state index contributed by atoms with van der Waals surface area (Å²) in [7, 11) is -3.26. The van der Waals surface area contributed by atoms with Gasteiger partial charge in [0.25, 0.3) is 10.1 Å². The van der Waals surface area contributed by atoms with E-state index in [0.29, 0.717) is 6.61 Å². The highest BCUT2D eigenvalue weighted by atomic mass is 32.2. The van der Waals surface area contributed by atoms with Crippen LogP contribution in [0, 0.1) is 0 Å². The summed E-state index contributed by atoms with van der Waals surface area (Å²) >= 11 is 0. The molecule has 0 amide bonds. The Hall–Kier alpha value is -0.130. The van der Waals surface area contributed by atoms with Crippen LogP contribution in [0.2, 0.25) is 0 Å². The molecule has 5 heteroatoms. The number of aliphatic hydroxyl groups is 1. The Kier molecular flexibility index (Phi) is 8.12. The number of hydrogen-bond acceptors (Lipinski definition) is 4. The summed E-state index contributed by atoms with van der Waals surface area (Å²) in [6.07, 6.45) is 6.91. The summed E-state index contributed by atoms with van der Waals surface area (Å²) in [4.78, 5) is 0. The van der Waals surface area contributed by atoms with E-state index in [1.807, 2.05) is 0 Å². The fraction of sp³-hybridized carbons (Fsp3) is 1.00. The third-order valence-corrected chi connectivity index (χ3v) is 2.44. The molecular formula is C9H20O4S. The second kappa shape index (κ2) is 8.20. The van der Waals surface area contributed by atoms with Crippen LogP contribution in [0.5, 0.6) is 0 Å². The molecule has 14 heavy (non-hydrogen) atoms. The molecule has 0 aliphatic heterocycles. The Balaban J connectivity index is 3.07. The number of rotatable bonds is 9. The van der Waals surface area contributed by atoms with Crippen LogP contribution in [0.1, 0.15) is 38.5 Å². The van der Waals surface area contributed by atoms with Gasteiger partial charge in [-0.1, -0.05) is 25.7 Å². The number of hydrogen-bond donors (Lipinski definition) is 1. The van der Waals surface area contributed by atoms with E-state index in [1.54, 1.807) is 0 Å². The van der Waals surface area contributed by atoms with E-state index in [-0.39, 0.29) is 6.61 Å². The van der Waals surface area contributed by atoms with Crippen LogP contribution in [0.3, 0.4) is 0 Å². The van der Waals surface area contributed by atoms with Crippen molar-refractivity contribution in [1.82, 2.24) is 0 Å². The lowest BCUT2D eigenvalue weighted by Crippen LogP contribution is -2.03. The van der Waals surface area contributed by atoms with Gasteiger partial charge in [-0.05, 0) is 12.8 Å². The minimum absolute atomic E-state index is 0.261. The maximum Gasteiger partial charge on any atom is 0.264 e. The first-order valence-electron chi connectivity index (χ1n) is 5.01. The summed E-state index contributed by atoms with van der Waals surface area (Å²) in [6.45, 7) is 0.552. The van der Waals surface area contributed by atoms with Gasteiger partial charge in [-0.2, -0.15) is 8.42 Å². The molecule has 0 radical (unpaired) electrons.